The standard InChI is InChI=1S/C20H25FN2O3S/c1-3-27(25,26)23(2)12-18-20(19(13-24)22-18)15-10-8-14(9-11-15)16-6-4-5-7-17(16)21/h4-11,18-20,22,24H,3,12-13H2,1-2H3/t18-,19+,20+/m0/s1. The number of aliphatic hydroxyl groups excluding tert-OH is 1. The van der Waals surface area contributed by atoms with Crippen LogP contribution in [0.5, 0.6) is 0 Å². The third-order valence-corrected chi connectivity index (χ3v) is 7.09. The summed E-state index contributed by atoms with van der Waals surface area (Å²) in [6, 6.07) is 14.0. The summed E-state index contributed by atoms with van der Waals surface area (Å²) in [5.41, 5.74) is 2.33. The molecule has 1 saturated heterocycles. The fourth-order valence-electron chi connectivity index (χ4n) is 3.63. The summed E-state index contributed by atoms with van der Waals surface area (Å²) in [5.74, 6) is -0.214. The van der Waals surface area contributed by atoms with Gasteiger partial charge in [0.1, 0.15) is 5.82 Å². The van der Waals surface area contributed by atoms with E-state index >= 15 is 0 Å². The van der Waals surface area contributed by atoms with E-state index in [2.05, 4.69) is 5.32 Å². The Balaban J connectivity index is 1.79. The normalized spacial score (nSPS) is 22.6. The molecule has 27 heavy (non-hydrogen) atoms. The fraction of sp³-hybridized carbons (Fsp3) is 0.400. The van der Waals surface area contributed by atoms with E-state index in [1.54, 1.807) is 32.2 Å². The summed E-state index contributed by atoms with van der Waals surface area (Å²) in [4.78, 5) is 0. The van der Waals surface area contributed by atoms with Crippen LogP contribution in [0.15, 0.2) is 48.5 Å². The van der Waals surface area contributed by atoms with E-state index in [1.165, 1.54) is 10.4 Å². The van der Waals surface area contributed by atoms with Crippen molar-refractivity contribution >= 4 is 10.0 Å². The molecular formula is C20H25FN2O3S. The van der Waals surface area contributed by atoms with Crippen LogP contribution >= 0.6 is 0 Å². The summed E-state index contributed by atoms with van der Waals surface area (Å²) in [5, 5.41) is 12.8. The van der Waals surface area contributed by atoms with E-state index < -0.39 is 10.0 Å². The molecule has 2 aromatic rings. The van der Waals surface area contributed by atoms with Crippen molar-refractivity contribution in [3.63, 3.8) is 0 Å². The van der Waals surface area contributed by atoms with Crippen LogP contribution in [0.3, 0.4) is 0 Å². The molecular weight excluding hydrogens is 367 g/mol. The van der Waals surface area contributed by atoms with Gasteiger partial charge in [0.25, 0.3) is 0 Å². The molecule has 7 heteroatoms. The molecule has 146 valence electrons. The van der Waals surface area contributed by atoms with Crippen LogP contribution in [-0.4, -0.2) is 55.9 Å². The average Bonchev–Trinajstić information content (AvgIpc) is 2.65. The van der Waals surface area contributed by atoms with E-state index in [9.17, 15) is 17.9 Å². The van der Waals surface area contributed by atoms with Gasteiger partial charge in [-0.1, -0.05) is 42.5 Å². The van der Waals surface area contributed by atoms with E-state index in [0.29, 0.717) is 12.1 Å². The Morgan fingerprint density at radius 1 is 1.11 bits per heavy atom. The zero-order valence-electron chi connectivity index (χ0n) is 15.5. The molecule has 0 bridgehead atoms. The van der Waals surface area contributed by atoms with E-state index in [1.807, 2.05) is 24.3 Å². The first-order valence-corrected chi connectivity index (χ1v) is 10.6. The van der Waals surface area contributed by atoms with Gasteiger partial charge in [-0.05, 0) is 24.1 Å². The molecule has 0 saturated carbocycles. The lowest BCUT2D eigenvalue weighted by Crippen LogP contribution is -2.64. The highest BCUT2D eigenvalue weighted by atomic mass is 32.2. The molecule has 2 N–H and O–H groups in total. The van der Waals surface area contributed by atoms with Gasteiger partial charge in [-0.25, -0.2) is 17.1 Å². The van der Waals surface area contributed by atoms with Crippen molar-refractivity contribution in [2.24, 2.45) is 0 Å². The lowest BCUT2D eigenvalue weighted by Gasteiger charge is -2.47. The van der Waals surface area contributed by atoms with Gasteiger partial charge in [0.05, 0.1) is 12.4 Å². The molecule has 2 aromatic carbocycles. The van der Waals surface area contributed by atoms with Gasteiger partial charge >= 0.3 is 0 Å². The van der Waals surface area contributed by atoms with Gasteiger partial charge in [-0.15, -0.1) is 0 Å². The van der Waals surface area contributed by atoms with Crippen LogP contribution in [0.2, 0.25) is 0 Å². The van der Waals surface area contributed by atoms with Crippen molar-refractivity contribution in [1.29, 1.82) is 0 Å². The Morgan fingerprint density at radius 2 is 1.78 bits per heavy atom. The zero-order valence-corrected chi connectivity index (χ0v) is 16.3. The highest BCUT2D eigenvalue weighted by Gasteiger charge is 2.42. The highest BCUT2D eigenvalue weighted by molar-refractivity contribution is 7.89. The summed E-state index contributed by atoms with van der Waals surface area (Å²) < 4.78 is 39.4. The first kappa shape index (κ1) is 19.9. The largest absolute Gasteiger partial charge is 0.395 e. The summed E-state index contributed by atoms with van der Waals surface area (Å²) >= 11 is 0. The number of aliphatic hydroxyl groups is 1. The van der Waals surface area contributed by atoms with Crippen LogP contribution in [0.1, 0.15) is 18.4 Å². The lowest BCUT2D eigenvalue weighted by atomic mass is 9.77. The SMILES string of the molecule is CCS(=O)(=O)N(C)C[C@@H]1N[C@H](CO)[C@@H]1c1ccc(-c2ccccc2F)cc1. The molecule has 0 radical (unpaired) electrons. The number of nitrogens with one attached hydrogen (secondary N) is 1. The van der Waals surface area contributed by atoms with Gasteiger partial charge < -0.3 is 10.4 Å². The molecule has 1 aliphatic heterocycles. The Bertz CT molecular complexity index is 886. The maximum absolute atomic E-state index is 14.0. The van der Waals surface area contributed by atoms with Crippen LogP contribution < -0.4 is 5.32 Å². The molecule has 3 rings (SSSR count). The maximum atomic E-state index is 14.0. The molecule has 0 aromatic heterocycles. The second-order valence-corrected chi connectivity index (χ2v) is 9.24. The molecule has 1 aliphatic rings. The molecule has 0 amide bonds. The maximum Gasteiger partial charge on any atom is 0.213 e. The van der Waals surface area contributed by atoms with E-state index in [4.69, 9.17) is 0 Å². The number of hydrogen-bond acceptors (Lipinski definition) is 4. The quantitative estimate of drug-likeness (QED) is 0.758. The van der Waals surface area contributed by atoms with Gasteiger partial charge in [-0.3, -0.25) is 0 Å². The third kappa shape index (κ3) is 4.06. The van der Waals surface area contributed by atoms with Gasteiger partial charge in [0.2, 0.25) is 10.0 Å². The molecule has 1 heterocycles. The average molecular weight is 392 g/mol. The second kappa shape index (κ2) is 8.06. The first-order chi connectivity index (χ1) is 12.9. The van der Waals surface area contributed by atoms with E-state index in [0.717, 1.165) is 11.1 Å². The first-order valence-electron chi connectivity index (χ1n) is 9.03. The minimum Gasteiger partial charge on any atom is -0.395 e. The monoisotopic (exact) mass is 392 g/mol. The predicted molar refractivity (Wildman–Crippen MR) is 104 cm³/mol. The van der Waals surface area contributed by atoms with Crippen molar-refractivity contribution in [2.75, 3.05) is 26.0 Å². The van der Waals surface area contributed by atoms with Crippen molar-refractivity contribution < 1.29 is 17.9 Å². The number of nitrogens with zero attached hydrogens (tertiary/aromatic N) is 1. The number of rotatable bonds is 7. The summed E-state index contributed by atoms with van der Waals surface area (Å²) in [7, 11) is -1.68. The van der Waals surface area contributed by atoms with E-state index in [-0.39, 0.29) is 36.2 Å². The molecule has 5 nitrogen and oxygen atoms in total. The summed E-state index contributed by atoms with van der Waals surface area (Å²) in [6.07, 6.45) is 0. The van der Waals surface area contributed by atoms with Crippen molar-refractivity contribution in [3.05, 3.63) is 59.9 Å². The summed E-state index contributed by atoms with van der Waals surface area (Å²) in [6.45, 7) is 1.93. The highest BCUT2D eigenvalue weighted by Crippen LogP contribution is 2.34. The number of hydrogen-bond donors (Lipinski definition) is 2. The minimum absolute atomic E-state index is 0.000763. The number of sulfonamides is 1. The second-order valence-electron chi connectivity index (χ2n) is 6.87. The molecule has 3 atom stereocenters. The van der Waals surface area contributed by atoms with Gasteiger partial charge in [0.15, 0.2) is 0 Å². The van der Waals surface area contributed by atoms with Crippen LogP contribution in [0, 0.1) is 5.82 Å². The van der Waals surface area contributed by atoms with Crippen molar-refractivity contribution in [2.45, 2.75) is 24.9 Å². The lowest BCUT2D eigenvalue weighted by molar-refractivity contribution is 0.118. The van der Waals surface area contributed by atoms with Crippen molar-refractivity contribution in [3.8, 4) is 11.1 Å². The third-order valence-electron chi connectivity index (χ3n) is 5.27. The van der Waals surface area contributed by atoms with Gasteiger partial charge in [0, 0.05) is 37.2 Å². The van der Waals surface area contributed by atoms with Crippen molar-refractivity contribution in [1.82, 2.24) is 9.62 Å². The molecule has 0 unspecified atom stereocenters. The van der Waals surface area contributed by atoms with Crippen LogP contribution in [0.4, 0.5) is 4.39 Å². The number of halogens is 1. The topological polar surface area (TPSA) is 69.6 Å². The number of benzene rings is 2. The van der Waals surface area contributed by atoms with Crippen LogP contribution in [0.25, 0.3) is 11.1 Å². The number of likely N-dealkylation sites (N-methyl/N-ethyl adjacent to an activating group) is 1. The Morgan fingerprint density at radius 3 is 2.37 bits per heavy atom. The van der Waals surface area contributed by atoms with Gasteiger partial charge in [-0.2, -0.15) is 0 Å². The van der Waals surface area contributed by atoms with Crippen LogP contribution in [-0.2, 0) is 10.0 Å². The Kier molecular flexibility index (Phi) is 5.95. The fourth-order valence-corrected chi connectivity index (χ4v) is 4.46. The molecule has 0 aliphatic carbocycles. The smallest absolute Gasteiger partial charge is 0.213 e. The zero-order chi connectivity index (χ0) is 19.6. The molecule has 0 spiro atoms. The molecule has 1 fully saturated rings. The predicted octanol–water partition coefficient (Wildman–Crippen LogP) is 2.19. The minimum atomic E-state index is -3.26. The Labute approximate surface area is 159 Å². The Hall–Kier alpha value is -1.80.